The second-order valence-corrected chi connectivity index (χ2v) is 15.4. The first kappa shape index (κ1) is 33.1. The summed E-state index contributed by atoms with van der Waals surface area (Å²) >= 11 is 1.86. The van der Waals surface area contributed by atoms with E-state index in [4.69, 9.17) is 15.0 Å². The fourth-order valence-corrected chi connectivity index (χ4v) is 9.42. The minimum atomic E-state index is 0.634. The first-order valence-electron chi connectivity index (χ1n) is 19.2. The highest BCUT2D eigenvalue weighted by molar-refractivity contribution is 7.26. The van der Waals surface area contributed by atoms with Gasteiger partial charge in [0.2, 0.25) is 0 Å². The maximum Gasteiger partial charge on any atom is 0.164 e. The SMILES string of the molecule is c1ccc(-c2ccccc2-c2nc(-c3ccc4cc(-c5cccc6c5sc5ccccc56)ccc4c3)nc(-c3ccc(-c4ccccc4)c4ccccc34)n2)cc1. The van der Waals surface area contributed by atoms with Crippen molar-refractivity contribution in [3.8, 4) is 67.5 Å². The van der Waals surface area contributed by atoms with Crippen molar-refractivity contribution in [3.05, 3.63) is 200 Å². The molecule has 4 heteroatoms. The van der Waals surface area contributed by atoms with E-state index >= 15 is 0 Å². The molecule has 0 spiro atoms. The molecule has 0 unspecified atom stereocenters. The Balaban J connectivity index is 1.07. The molecule has 0 saturated carbocycles. The molecule has 0 amide bonds. The van der Waals surface area contributed by atoms with Gasteiger partial charge in [-0.1, -0.05) is 176 Å². The molecule has 11 aromatic rings. The van der Waals surface area contributed by atoms with Crippen molar-refractivity contribution in [2.75, 3.05) is 0 Å². The summed E-state index contributed by atoms with van der Waals surface area (Å²) < 4.78 is 2.63. The normalized spacial score (nSPS) is 11.5. The van der Waals surface area contributed by atoms with Crippen LogP contribution in [0, 0.1) is 0 Å². The van der Waals surface area contributed by atoms with Crippen LogP contribution in [0.25, 0.3) is 109 Å². The smallest absolute Gasteiger partial charge is 0.164 e. The standard InChI is InChI=1S/C53H33N3S/c1-3-14-34(15-4-1)40-18-7-10-22-47(40)52-54-51(55-53(56-52)48-31-30-41(35-16-5-2-6-17-35)43-19-8-9-20-44(43)48)39-29-27-36-32-38(28-26-37(36)33-39)42-23-13-24-46-45-21-11-12-25-49(45)57-50(42)46/h1-33H. The molecule has 2 heterocycles. The number of hydrogen-bond donors (Lipinski definition) is 0. The molecule has 57 heavy (non-hydrogen) atoms. The first-order valence-corrected chi connectivity index (χ1v) is 20.0. The fourth-order valence-electron chi connectivity index (χ4n) is 8.18. The highest BCUT2D eigenvalue weighted by Gasteiger charge is 2.19. The van der Waals surface area contributed by atoms with Gasteiger partial charge in [-0.15, -0.1) is 11.3 Å². The van der Waals surface area contributed by atoms with Crippen LogP contribution in [0.4, 0.5) is 0 Å². The van der Waals surface area contributed by atoms with Gasteiger partial charge in [0.1, 0.15) is 0 Å². The van der Waals surface area contributed by atoms with Crippen molar-refractivity contribution in [2.24, 2.45) is 0 Å². The molecule has 11 rings (SSSR count). The molecular formula is C53H33N3S. The summed E-state index contributed by atoms with van der Waals surface area (Å²) in [5, 5.41) is 7.17. The van der Waals surface area contributed by atoms with Crippen LogP contribution >= 0.6 is 11.3 Å². The van der Waals surface area contributed by atoms with E-state index in [0.717, 1.165) is 44.0 Å². The molecule has 0 bridgehead atoms. The van der Waals surface area contributed by atoms with Crippen molar-refractivity contribution in [1.29, 1.82) is 0 Å². The van der Waals surface area contributed by atoms with Crippen molar-refractivity contribution in [1.82, 2.24) is 15.0 Å². The van der Waals surface area contributed by atoms with Crippen LogP contribution < -0.4 is 0 Å². The summed E-state index contributed by atoms with van der Waals surface area (Å²) in [5.41, 5.74) is 9.87. The number of fused-ring (bicyclic) bond motifs is 5. The summed E-state index contributed by atoms with van der Waals surface area (Å²) in [4.78, 5) is 15.8. The van der Waals surface area contributed by atoms with E-state index in [-0.39, 0.29) is 0 Å². The average molecular weight is 744 g/mol. The Bertz CT molecular complexity index is 3300. The molecule has 0 aliphatic carbocycles. The van der Waals surface area contributed by atoms with Gasteiger partial charge in [-0.3, -0.25) is 0 Å². The van der Waals surface area contributed by atoms with E-state index in [0.29, 0.717) is 17.5 Å². The number of hydrogen-bond acceptors (Lipinski definition) is 4. The quantitative estimate of drug-likeness (QED) is 0.170. The van der Waals surface area contributed by atoms with Crippen LogP contribution in [0.3, 0.4) is 0 Å². The third-order valence-electron chi connectivity index (χ3n) is 11.0. The number of nitrogens with zero attached hydrogens (tertiary/aromatic N) is 3. The molecule has 0 aliphatic heterocycles. The summed E-state index contributed by atoms with van der Waals surface area (Å²) in [6.45, 7) is 0. The molecule has 3 nitrogen and oxygen atoms in total. The van der Waals surface area contributed by atoms with Crippen LogP contribution in [0.15, 0.2) is 200 Å². The Morgan fingerprint density at radius 3 is 1.54 bits per heavy atom. The minimum absolute atomic E-state index is 0.634. The van der Waals surface area contributed by atoms with E-state index in [2.05, 4.69) is 194 Å². The van der Waals surface area contributed by atoms with E-state index in [9.17, 15) is 0 Å². The maximum atomic E-state index is 5.26. The highest BCUT2D eigenvalue weighted by Crippen LogP contribution is 2.41. The Morgan fingerprint density at radius 2 is 0.789 bits per heavy atom. The second-order valence-electron chi connectivity index (χ2n) is 14.3. The number of benzene rings is 9. The summed E-state index contributed by atoms with van der Waals surface area (Å²) in [6.07, 6.45) is 0. The van der Waals surface area contributed by atoms with Crippen molar-refractivity contribution >= 4 is 53.1 Å². The van der Waals surface area contributed by atoms with Crippen LogP contribution in [0.1, 0.15) is 0 Å². The van der Waals surface area contributed by atoms with Crippen molar-refractivity contribution in [2.45, 2.75) is 0 Å². The van der Waals surface area contributed by atoms with E-state index in [1.807, 2.05) is 17.4 Å². The lowest BCUT2D eigenvalue weighted by atomic mass is 9.94. The molecule has 0 saturated heterocycles. The molecule has 0 radical (unpaired) electrons. The Morgan fingerprint density at radius 1 is 0.281 bits per heavy atom. The van der Waals surface area contributed by atoms with Crippen LogP contribution in [-0.2, 0) is 0 Å². The molecule has 0 atom stereocenters. The molecule has 2 aromatic heterocycles. The largest absolute Gasteiger partial charge is 0.208 e. The van der Waals surface area contributed by atoms with Gasteiger partial charge in [0.15, 0.2) is 17.5 Å². The topological polar surface area (TPSA) is 38.7 Å². The highest BCUT2D eigenvalue weighted by atomic mass is 32.1. The lowest BCUT2D eigenvalue weighted by molar-refractivity contribution is 1.08. The monoisotopic (exact) mass is 743 g/mol. The van der Waals surface area contributed by atoms with E-state index in [1.54, 1.807) is 0 Å². The van der Waals surface area contributed by atoms with Crippen molar-refractivity contribution < 1.29 is 0 Å². The number of aromatic nitrogens is 3. The summed E-state index contributed by atoms with van der Waals surface area (Å²) in [7, 11) is 0. The second kappa shape index (κ2) is 13.8. The molecule has 0 fully saturated rings. The van der Waals surface area contributed by atoms with E-state index < -0.39 is 0 Å². The Kier molecular flexibility index (Phi) is 8.01. The molecular weight excluding hydrogens is 711 g/mol. The molecule has 9 aromatic carbocycles. The van der Waals surface area contributed by atoms with Crippen molar-refractivity contribution in [3.63, 3.8) is 0 Å². The average Bonchev–Trinajstić information content (AvgIpc) is 3.68. The molecule has 0 N–H and O–H groups in total. The van der Waals surface area contributed by atoms with E-state index in [1.165, 1.54) is 47.8 Å². The third-order valence-corrected chi connectivity index (χ3v) is 12.2. The predicted octanol–water partition coefficient (Wildman–Crippen LogP) is 14.5. The number of rotatable bonds is 6. The van der Waals surface area contributed by atoms with Gasteiger partial charge in [-0.25, -0.2) is 15.0 Å². The van der Waals surface area contributed by atoms with Gasteiger partial charge in [0.25, 0.3) is 0 Å². The Hall–Kier alpha value is -7.27. The van der Waals surface area contributed by atoms with Gasteiger partial charge in [-0.2, -0.15) is 0 Å². The summed E-state index contributed by atoms with van der Waals surface area (Å²) in [6, 6.07) is 71.0. The first-order chi connectivity index (χ1) is 28.2. The van der Waals surface area contributed by atoms with Crippen LogP contribution in [0.5, 0.6) is 0 Å². The van der Waals surface area contributed by atoms with Gasteiger partial charge in [0, 0.05) is 36.9 Å². The number of thiophene rings is 1. The van der Waals surface area contributed by atoms with Crippen LogP contribution in [0.2, 0.25) is 0 Å². The van der Waals surface area contributed by atoms with Gasteiger partial charge >= 0.3 is 0 Å². The third kappa shape index (κ3) is 5.86. The lowest BCUT2D eigenvalue weighted by Gasteiger charge is -2.14. The Labute approximate surface area is 334 Å². The molecule has 266 valence electrons. The minimum Gasteiger partial charge on any atom is -0.208 e. The van der Waals surface area contributed by atoms with Gasteiger partial charge in [0.05, 0.1) is 0 Å². The zero-order valence-electron chi connectivity index (χ0n) is 30.8. The van der Waals surface area contributed by atoms with Crippen LogP contribution in [-0.4, -0.2) is 15.0 Å². The fraction of sp³-hybridized carbons (Fsp3) is 0. The maximum absolute atomic E-state index is 5.26. The predicted molar refractivity (Wildman–Crippen MR) is 240 cm³/mol. The molecule has 0 aliphatic rings. The summed E-state index contributed by atoms with van der Waals surface area (Å²) in [5.74, 6) is 1.91. The van der Waals surface area contributed by atoms with Gasteiger partial charge < -0.3 is 0 Å². The zero-order chi connectivity index (χ0) is 37.7. The zero-order valence-corrected chi connectivity index (χ0v) is 31.6. The van der Waals surface area contributed by atoms with Gasteiger partial charge in [-0.05, 0) is 79.2 Å². The lowest BCUT2D eigenvalue weighted by Crippen LogP contribution is -2.01.